The smallest absolute Gasteiger partial charge is 0.240 e. The molecule has 108 valence electrons. The van der Waals surface area contributed by atoms with Crippen LogP contribution in [-0.4, -0.2) is 20.5 Å². The summed E-state index contributed by atoms with van der Waals surface area (Å²) in [6.45, 7) is 1.94. The van der Waals surface area contributed by atoms with Gasteiger partial charge in [-0.1, -0.05) is 17.7 Å². The van der Waals surface area contributed by atoms with Crippen LogP contribution in [0, 0.1) is 6.92 Å². The molecule has 0 bridgehead atoms. The highest BCUT2D eigenvalue weighted by atomic mass is 35.5. The highest BCUT2D eigenvalue weighted by Crippen LogP contribution is 2.19. The van der Waals surface area contributed by atoms with Crippen molar-refractivity contribution in [2.24, 2.45) is 5.73 Å². The van der Waals surface area contributed by atoms with Gasteiger partial charge >= 0.3 is 0 Å². The lowest BCUT2D eigenvalue weighted by Gasteiger charge is -2.26. The van der Waals surface area contributed by atoms with Crippen LogP contribution in [0.3, 0.4) is 0 Å². The zero-order chi connectivity index (χ0) is 13.2. The lowest BCUT2D eigenvalue weighted by atomic mass is 9.93. The third kappa shape index (κ3) is 4.45. The molecule has 6 heteroatoms. The summed E-state index contributed by atoms with van der Waals surface area (Å²) in [7, 11) is -3.38. The van der Waals surface area contributed by atoms with Crippen molar-refractivity contribution in [1.29, 1.82) is 0 Å². The normalized spacial score (nSPS) is 23.7. The average Bonchev–Trinajstić information content (AvgIpc) is 2.32. The first-order chi connectivity index (χ1) is 8.47. The first-order valence-corrected chi connectivity index (χ1v) is 7.80. The van der Waals surface area contributed by atoms with Crippen LogP contribution in [-0.2, 0) is 10.0 Å². The van der Waals surface area contributed by atoms with Crippen LogP contribution >= 0.6 is 12.4 Å². The minimum absolute atomic E-state index is 0. The van der Waals surface area contributed by atoms with Crippen molar-refractivity contribution in [2.75, 3.05) is 0 Å². The molecule has 0 radical (unpaired) electrons. The first-order valence-electron chi connectivity index (χ1n) is 6.32. The molecule has 19 heavy (non-hydrogen) atoms. The van der Waals surface area contributed by atoms with Crippen LogP contribution < -0.4 is 10.5 Å². The molecule has 1 aromatic carbocycles. The van der Waals surface area contributed by atoms with Crippen LogP contribution in [0.2, 0.25) is 0 Å². The molecule has 1 saturated carbocycles. The molecule has 1 aliphatic carbocycles. The lowest BCUT2D eigenvalue weighted by Crippen LogP contribution is -2.40. The number of nitrogens with two attached hydrogens (primary N) is 1. The number of benzene rings is 1. The summed E-state index contributed by atoms with van der Waals surface area (Å²) in [6.07, 6.45) is 3.43. The van der Waals surface area contributed by atoms with Gasteiger partial charge in [-0.2, -0.15) is 0 Å². The molecule has 0 aromatic heterocycles. The fraction of sp³-hybridized carbons (Fsp3) is 0.538. The van der Waals surface area contributed by atoms with Crippen molar-refractivity contribution in [1.82, 2.24) is 4.72 Å². The lowest BCUT2D eigenvalue weighted by molar-refractivity contribution is 0.373. The molecule has 2 rings (SSSR count). The Morgan fingerprint density at radius 3 is 2.16 bits per heavy atom. The van der Waals surface area contributed by atoms with Gasteiger partial charge in [0.15, 0.2) is 0 Å². The SMILES string of the molecule is Cc1ccc(S(=O)(=O)NC2CCC(N)CC2)cc1.Cl. The summed E-state index contributed by atoms with van der Waals surface area (Å²) < 4.78 is 27.1. The molecule has 1 fully saturated rings. The second-order valence-corrected chi connectivity index (χ2v) is 6.76. The van der Waals surface area contributed by atoms with E-state index >= 15 is 0 Å². The molecular formula is C13H21ClN2O2S. The molecule has 0 spiro atoms. The Hall–Kier alpha value is -0.620. The second-order valence-electron chi connectivity index (χ2n) is 5.05. The summed E-state index contributed by atoms with van der Waals surface area (Å²) in [4.78, 5) is 0.336. The van der Waals surface area contributed by atoms with Gasteiger partial charge in [-0.15, -0.1) is 12.4 Å². The quantitative estimate of drug-likeness (QED) is 0.896. The average molecular weight is 305 g/mol. The van der Waals surface area contributed by atoms with Crippen LogP contribution in [0.5, 0.6) is 0 Å². The van der Waals surface area contributed by atoms with Gasteiger partial charge in [-0.05, 0) is 44.7 Å². The first kappa shape index (κ1) is 16.4. The monoisotopic (exact) mass is 304 g/mol. The molecule has 0 aliphatic heterocycles. The van der Waals surface area contributed by atoms with E-state index in [1.165, 1.54) is 0 Å². The van der Waals surface area contributed by atoms with Crippen molar-refractivity contribution in [2.45, 2.75) is 49.6 Å². The van der Waals surface area contributed by atoms with Crippen LogP contribution in [0.25, 0.3) is 0 Å². The number of hydrogen-bond acceptors (Lipinski definition) is 3. The van der Waals surface area contributed by atoms with Gasteiger partial charge in [0.25, 0.3) is 0 Å². The van der Waals surface area contributed by atoms with Crippen molar-refractivity contribution in [3.05, 3.63) is 29.8 Å². The fourth-order valence-corrected chi connectivity index (χ4v) is 3.55. The maximum Gasteiger partial charge on any atom is 0.240 e. The summed E-state index contributed by atoms with van der Waals surface area (Å²) in [5.41, 5.74) is 6.86. The zero-order valence-corrected chi connectivity index (χ0v) is 12.6. The van der Waals surface area contributed by atoms with Crippen LogP contribution in [0.1, 0.15) is 31.2 Å². The third-order valence-electron chi connectivity index (χ3n) is 3.42. The zero-order valence-electron chi connectivity index (χ0n) is 11.0. The number of halogens is 1. The van der Waals surface area contributed by atoms with Crippen LogP contribution in [0.15, 0.2) is 29.2 Å². The Balaban J connectivity index is 0.00000180. The number of rotatable bonds is 3. The predicted molar refractivity (Wildman–Crippen MR) is 79.0 cm³/mol. The maximum absolute atomic E-state index is 12.2. The minimum atomic E-state index is -3.38. The van der Waals surface area contributed by atoms with E-state index in [9.17, 15) is 8.42 Å². The van der Waals surface area contributed by atoms with Gasteiger partial charge in [0.2, 0.25) is 10.0 Å². The predicted octanol–water partition coefficient (Wildman–Crippen LogP) is 1.97. The van der Waals surface area contributed by atoms with E-state index in [2.05, 4.69) is 4.72 Å². The number of aryl methyl sites for hydroxylation is 1. The molecule has 0 atom stereocenters. The standard InChI is InChI=1S/C13H20N2O2S.ClH/c1-10-2-8-13(9-3-10)18(16,17)15-12-6-4-11(14)5-7-12;/h2-3,8-9,11-12,15H,4-7,14H2,1H3;1H. The molecule has 0 heterocycles. The van der Waals surface area contributed by atoms with E-state index in [-0.39, 0.29) is 24.5 Å². The third-order valence-corrected chi connectivity index (χ3v) is 4.96. The molecule has 4 nitrogen and oxygen atoms in total. The number of sulfonamides is 1. The topological polar surface area (TPSA) is 72.2 Å². The summed E-state index contributed by atoms with van der Waals surface area (Å²) in [6, 6.07) is 7.16. The van der Waals surface area contributed by atoms with E-state index in [1.54, 1.807) is 12.1 Å². The van der Waals surface area contributed by atoms with E-state index in [0.717, 1.165) is 31.2 Å². The summed E-state index contributed by atoms with van der Waals surface area (Å²) in [5.74, 6) is 0. The van der Waals surface area contributed by atoms with Gasteiger partial charge in [0, 0.05) is 12.1 Å². The Labute approximate surface area is 121 Å². The minimum Gasteiger partial charge on any atom is -0.328 e. The van der Waals surface area contributed by atoms with E-state index in [4.69, 9.17) is 5.73 Å². The van der Waals surface area contributed by atoms with Gasteiger partial charge in [-0.25, -0.2) is 13.1 Å². The summed E-state index contributed by atoms with van der Waals surface area (Å²) >= 11 is 0. The fourth-order valence-electron chi connectivity index (χ4n) is 2.24. The summed E-state index contributed by atoms with van der Waals surface area (Å²) in [5, 5.41) is 0. The highest BCUT2D eigenvalue weighted by Gasteiger charge is 2.24. The molecular weight excluding hydrogens is 284 g/mol. The number of nitrogens with one attached hydrogen (secondary N) is 1. The van der Waals surface area contributed by atoms with Crippen LogP contribution in [0.4, 0.5) is 0 Å². The van der Waals surface area contributed by atoms with E-state index in [1.807, 2.05) is 19.1 Å². The Morgan fingerprint density at radius 2 is 1.63 bits per heavy atom. The molecule has 0 amide bonds. The second kappa shape index (κ2) is 6.70. The van der Waals surface area contributed by atoms with Gasteiger partial charge in [0.05, 0.1) is 4.90 Å². The molecule has 0 unspecified atom stereocenters. The highest BCUT2D eigenvalue weighted by molar-refractivity contribution is 7.89. The Morgan fingerprint density at radius 1 is 1.11 bits per heavy atom. The van der Waals surface area contributed by atoms with Crippen molar-refractivity contribution in [3.8, 4) is 0 Å². The largest absolute Gasteiger partial charge is 0.328 e. The van der Waals surface area contributed by atoms with Gasteiger partial charge < -0.3 is 5.73 Å². The van der Waals surface area contributed by atoms with Gasteiger partial charge in [0.1, 0.15) is 0 Å². The van der Waals surface area contributed by atoms with Crippen molar-refractivity contribution >= 4 is 22.4 Å². The molecule has 0 saturated heterocycles. The van der Waals surface area contributed by atoms with Crippen molar-refractivity contribution < 1.29 is 8.42 Å². The Bertz CT molecular complexity index is 494. The Kier molecular flexibility index (Phi) is 5.80. The molecule has 3 N–H and O–H groups in total. The maximum atomic E-state index is 12.2. The van der Waals surface area contributed by atoms with E-state index in [0.29, 0.717) is 4.90 Å². The van der Waals surface area contributed by atoms with Gasteiger partial charge in [-0.3, -0.25) is 0 Å². The number of hydrogen-bond donors (Lipinski definition) is 2. The molecule has 1 aliphatic rings. The van der Waals surface area contributed by atoms with E-state index < -0.39 is 10.0 Å². The molecule has 1 aromatic rings. The van der Waals surface area contributed by atoms with Crippen molar-refractivity contribution in [3.63, 3.8) is 0 Å².